The zero-order valence-electron chi connectivity index (χ0n) is 10.8. The zero-order chi connectivity index (χ0) is 15.9. The summed E-state index contributed by atoms with van der Waals surface area (Å²) < 4.78 is 38.9. The molecular formula is C13H10ClF3N2O2. The van der Waals surface area contributed by atoms with Gasteiger partial charge in [-0.25, -0.2) is 4.98 Å². The molecule has 1 N–H and O–H groups in total. The van der Waals surface area contributed by atoms with Crippen LogP contribution in [-0.4, -0.2) is 22.2 Å². The van der Waals surface area contributed by atoms with Gasteiger partial charge in [0.05, 0.1) is 5.56 Å². The van der Waals surface area contributed by atoms with Crippen molar-refractivity contribution >= 4 is 29.4 Å². The van der Waals surface area contributed by atoms with Crippen LogP contribution in [0.4, 0.5) is 19.0 Å². The Bertz CT molecular complexity index is 655. The molecule has 0 spiro atoms. The predicted molar refractivity (Wildman–Crippen MR) is 71.4 cm³/mol. The molecule has 0 aliphatic carbocycles. The standard InChI is InChI=1S/C13H10ClF3N2O2/c1-3-7-5-18-9(4-8(7)13(15,16)17)19-11(20)6(2)10(14)12(19)21/h3-5,11,20H,1H2,2H3. The summed E-state index contributed by atoms with van der Waals surface area (Å²) in [5.41, 5.74) is -1.06. The van der Waals surface area contributed by atoms with Gasteiger partial charge in [-0.1, -0.05) is 24.3 Å². The molecule has 8 heteroatoms. The third-order valence-corrected chi connectivity index (χ3v) is 3.54. The number of carbonyl (C=O) groups excluding carboxylic acids is 1. The fourth-order valence-corrected chi connectivity index (χ4v) is 2.11. The molecule has 1 atom stereocenters. The first-order chi connectivity index (χ1) is 9.68. The van der Waals surface area contributed by atoms with E-state index in [1.807, 2.05) is 0 Å². The molecular weight excluding hydrogens is 309 g/mol. The fraction of sp³-hybridized carbons (Fsp3) is 0.231. The highest BCUT2D eigenvalue weighted by atomic mass is 35.5. The lowest BCUT2D eigenvalue weighted by Gasteiger charge is -2.22. The number of nitrogens with zero attached hydrogens (tertiary/aromatic N) is 2. The van der Waals surface area contributed by atoms with Crippen molar-refractivity contribution in [1.29, 1.82) is 0 Å². The zero-order valence-corrected chi connectivity index (χ0v) is 11.5. The Balaban J connectivity index is 2.53. The largest absolute Gasteiger partial charge is 0.417 e. The molecule has 1 aromatic heterocycles. The SMILES string of the molecule is C=Cc1cnc(N2C(=O)C(Cl)=C(C)C2O)cc1C(F)(F)F. The number of amides is 1. The summed E-state index contributed by atoms with van der Waals surface area (Å²) >= 11 is 5.70. The quantitative estimate of drug-likeness (QED) is 0.912. The minimum absolute atomic E-state index is 0.157. The number of aliphatic hydroxyl groups excluding tert-OH is 1. The lowest BCUT2D eigenvalue weighted by molar-refractivity contribution is -0.137. The van der Waals surface area contributed by atoms with Crippen molar-refractivity contribution in [2.45, 2.75) is 19.3 Å². The minimum Gasteiger partial charge on any atom is -0.369 e. The van der Waals surface area contributed by atoms with Crippen molar-refractivity contribution in [2.24, 2.45) is 0 Å². The number of aliphatic hydroxyl groups is 1. The molecule has 0 radical (unpaired) electrons. The van der Waals surface area contributed by atoms with Crippen LogP contribution < -0.4 is 4.90 Å². The van der Waals surface area contributed by atoms with Gasteiger partial charge < -0.3 is 5.11 Å². The second kappa shape index (κ2) is 5.16. The fourth-order valence-electron chi connectivity index (χ4n) is 1.92. The molecule has 0 aromatic carbocycles. The number of rotatable bonds is 2. The highest BCUT2D eigenvalue weighted by molar-refractivity contribution is 6.45. The van der Waals surface area contributed by atoms with Crippen LogP contribution in [0.25, 0.3) is 6.08 Å². The number of pyridine rings is 1. The molecule has 21 heavy (non-hydrogen) atoms. The summed E-state index contributed by atoms with van der Waals surface area (Å²) in [6.07, 6.45) is -4.13. The van der Waals surface area contributed by atoms with Crippen LogP contribution in [0.5, 0.6) is 0 Å². The van der Waals surface area contributed by atoms with Gasteiger partial charge in [-0.2, -0.15) is 13.2 Å². The molecule has 2 rings (SSSR count). The van der Waals surface area contributed by atoms with Gasteiger partial charge in [0.1, 0.15) is 10.9 Å². The molecule has 1 aliphatic rings. The Labute approximate surface area is 123 Å². The van der Waals surface area contributed by atoms with Crippen molar-refractivity contribution in [3.05, 3.63) is 40.6 Å². The van der Waals surface area contributed by atoms with Crippen molar-refractivity contribution in [1.82, 2.24) is 4.98 Å². The Morgan fingerprint density at radius 3 is 2.57 bits per heavy atom. The van der Waals surface area contributed by atoms with E-state index in [4.69, 9.17) is 11.6 Å². The second-order valence-corrected chi connectivity index (χ2v) is 4.76. The Kier molecular flexibility index (Phi) is 3.81. The summed E-state index contributed by atoms with van der Waals surface area (Å²) in [5, 5.41) is 9.66. The highest BCUT2D eigenvalue weighted by Gasteiger charge is 2.39. The topological polar surface area (TPSA) is 53.4 Å². The van der Waals surface area contributed by atoms with Crippen LogP contribution in [0.2, 0.25) is 0 Å². The molecule has 2 heterocycles. The molecule has 0 fully saturated rings. The van der Waals surface area contributed by atoms with E-state index in [2.05, 4.69) is 11.6 Å². The lowest BCUT2D eigenvalue weighted by Crippen LogP contribution is -2.36. The molecule has 0 bridgehead atoms. The molecule has 1 aromatic rings. The van der Waals surface area contributed by atoms with Gasteiger partial charge >= 0.3 is 6.18 Å². The molecule has 1 unspecified atom stereocenters. The maximum Gasteiger partial charge on any atom is 0.417 e. The molecule has 0 saturated heterocycles. The van der Waals surface area contributed by atoms with Gasteiger partial charge in [-0.05, 0) is 13.0 Å². The Hall–Kier alpha value is -1.86. The molecule has 112 valence electrons. The van der Waals surface area contributed by atoms with Gasteiger partial charge in [0.25, 0.3) is 5.91 Å². The minimum atomic E-state index is -4.64. The number of halogens is 4. The summed E-state index contributed by atoms with van der Waals surface area (Å²) in [7, 11) is 0. The van der Waals surface area contributed by atoms with E-state index in [9.17, 15) is 23.1 Å². The number of aromatic nitrogens is 1. The smallest absolute Gasteiger partial charge is 0.369 e. The van der Waals surface area contributed by atoms with Gasteiger partial charge in [0.15, 0.2) is 6.23 Å². The van der Waals surface area contributed by atoms with E-state index in [0.717, 1.165) is 12.3 Å². The van der Waals surface area contributed by atoms with Gasteiger partial charge in [0.2, 0.25) is 0 Å². The van der Waals surface area contributed by atoms with Crippen molar-refractivity contribution in [3.8, 4) is 0 Å². The van der Waals surface area contributed by atoms with Crippen LogP contribution in [-0.2, 0) is 11.0 Å². The van der Waals surface area contributed by atoms with Crippen molar-refractivity contribution in [3.63, 3.8) is 0 Å². The number of carbonyl (C=O) groups is 1. The van der Waals surface area contributed by atoms with E-state index in [-0.39, 0.29) is 22.0 Å². The van der Waals surface area contributed by atoms with E-state index in [0.29, 0.717) is 11.0 Å². The monoisotopic (exact) mass is 318 g/mol. The summed E-state index contributed by atoms with van der Waals surface area (Å²) in [6.45, 7) is 4.70. The first-order valence-electron chi connectivity index (χ1n) is 5.76. The number of hydrogen-bond acceptors (Lipinski definition) is 3. The molecule has 0 saturated carbocycles. The van der Waals surface area contributed by atoms with Crippen LogP contribution in [0.15, 0.2) is 29.4 Å². The third kappa shape index (κ3) is 2.54. The van der Waals surface area contributed by atoms with Crippen LogP contribution in [0.3, 0.4) is 0 Å². The van der Waals surface area contributed by atoms with Crippen molar-refractivity contribution < 1.29 is 23.1 Å². The van der Waals surface area contributed by atoms with Gasteiger partial charge in [-0.3, -0.25) is 9.69 Å². The average molecular weight is 319 g/mol. The maximum atomic E-state index is 13.0. The summed E-state index contributed by atoms with van der Waals surface area (Å²) in [5.74, 6) is -1.13. The second-order valence-electron chi connectivity index (χ2n) is 4.38. The number of alkyl halides is 3. The van der Waals surface area contributed by atoms with Crippen molar-refractivity contribution in [2.75, 3.05) is 4.90 Å². The summed E-state index contributed by atoms with van der Waals surface area (Å²) in [6, 6.07) is 0.681. The third-order valence-electron chi connectivity index (χ3n) is 3.08. The lowest BCUT2D eigenvalue weighted by atomic mass is 10.1. The first-order valence-corrected chi connectivity index (χ1v) is 6.14. The Morgan fingerprint density at radius 1 is 1.52 bits per heavy atom. The van der Waals surface area contributed by atoms with Crippen LogP contribution >= 0.6 is 11.6 Å². The van der Waals surface area contributed by atoms with E-state index in [1.54, 1.807) is 0 Å². The van der Waals surface area contributed by atoms with Gasteiger partial charge in [-0.15, -0.1) is 0 Å². The molecule has 1 amide bonds. The average Bonchev–Trinajstić information content (AvgIpc) is 2.61. The van der Waals surface area contributed by atoms with Crippen LogP contribution in [0.1, 0.15) is 18.1 Å². The molecule has 1 aliphatic heterocycles. The Morgan fingerprint density at radius 2 is 2.14 bits per heavy atom. The molecule has 4 nitrogen and oxygen atoms in total. The van der Waals surface area contributed by atoms with Crippen LogP contribution in [0, 0.1) is 0 Å². The van der Waals surface area contributed by atoms with E-state index in [1.165, 1.54) is 6.92 Å². The number of anilines is 1. The normalized spacial score (nSPS) is 19.4. The van der Waals surface area contributed by atoms with E-state index < -0.39 is 23.9 Å². The predicted octanol–water partition coefficient (Wildman–Crippen LogP) is 2.92. The first kappa shape index (κ1) is 15.5. The maximum absolute atomic E-state index is 13.0. The highest BCUT2D eigenvalue weighted by Crippen LogP contribution is 2.36. The van der Waals surface area contributed by atoms with E-state index >= 15 is 0 Å². The number of hydrogen-bond donors (Lipinski definition) is 1. The van der Waals surface area contributed by atoms with Gasteiger partial charge in [0, 0.05) is 17.3 Å². The summed E-state index contributed by atoms with van der Waals surface area (Å²) in [4.78, 5) is 16.3.